The van der Waals surface area contributed by atoms with Gasteiger partial charge in [0.15, 0.2) is 0 Å². The highest BCUT2D eigenvalue weighted by Gasteiger charge is 2.29. The fourth-order valence-electron chi connectivity index (χ4n) is 3.06. The highest BCUT2D eigenvalue weighted by atomic mass is 16.2. The summed E-state index contributed by atoms with van der Waals surface area (Å²) in [6, 6.07) is 25.1. The molecular formula is C22H15N3O. The van der Waals surface area contributed by atoms with Crippen molar-refractivity contribution < 1.29 is 4.79 Å². The van der Waals surface area contributed by atoms with Gasteiger partial charge in [-0.1, -0.05) is 48.5 Å². The second kappa shape index (κ2) is 6.66. The first-order valence-electron chi connectivity index (χ1n) is 8.29. The largest absolute Gasteiger partial charge is 0.325 e. The first kappa shape index (κ1) is 15.8. The van der Waals surface area contributed by atoms with Crippen molar-refractivity contribution in [2.45, 2.75) is 5.92 Å². The minimum atomic E-state index is -0.430. The van der Waals surface area contributed by atoms with Gasteiger partial charge < -0.3 is 5.32 Å². The van der Waals surface area contributed by atoms with E-state index in [2.05, 4.69) is 16.4 Å². The van der Waals surface area contributed by atoms with Crippen LogP contribution in [0.3, 0.4) is 0 Å². The van der Waals surface area contributed by atoms with Crippen LogP contribution < -0.4 is 5.32 Å². The summed E-state index contributed by atoms with van der Waals surface area (Å²) in [7, 11) is 0. The molecule has 1 unspecified atom stereocenters. The molecule has 1 aliphatic heterocycles. The SMILES string of the molecule is N#Cc1cccc(N=CC2C(=O)Nc3cc(-c4ccccc4)ccc32)c1. The predicted molar refractivity (Wildman–Crippen MR) is 103 cm³/mol. The number of nitriles is 1. The van der Waals surface area contributed by atoms with E-state index >= 15 is 0 Å². The predicted octanol–water partition coefficient (Wildman–Crippen LogP) is 4.66. The van der Waals surface area contributed by atoms with Gasteiger partial charge in [-0.25, -0.2) is 0 Å². The Bertz CT molecular complexity index is 1050. The summed E-state index contributed by atoms with van der Waals surface area (Å²) < 4.78 is 0. The highest BCUT2D eigenvalue weighted by molar-refractivity contribution is 6.13. The molecule has 1 amide bonds. The number of amides is 1. The Hall–Kier alpha value is -3.71. The second-order valence-corrected chi connectivity index (χ2v) is 6.08. The number of nitrogens with one attached hydrogen (secondary N) is 1. The fraction of sp³-hybridized carbons (Fsp3) is 0.0455. The van der Waals surface area contributed by atoms with Crippen molar-refractivity contribution >= 4 is 23.5 Å². The van der Waals surface area contributed by atoms with Crippen molar-refractivity contribution in [3.63, 3.8) is 0 Å². The van der Waals surface area contributed by atoms with E-state index in [0.717, 1.165) is 22.4 Å². The Labute approximate surface area is 151 Å². The number of carbonyl (C=O) groups is 1. The van der Waals surface area contributed by atoms with Crippen LogP contribution in [-0.2, 0) is 4.79 Å². The molecular weight excluding hydrogens is 322 g/mol. The van der Waals surface area contributed by atoms with Gasteiger partial charge in [-0.15, -0.1) is 0 Å². The maximum Gasteiger partial charge on any atom is 0.237 e. The van der Waals surface area contributed by atoms with E-state index in [1.54, 1.807) is 24.4 Å². The summed E-state index contributed by atoms with van der Waals surface area (Å²) in [4.78, 5) is 16.8. The van der Waals surface area contributed by atoms with Crippen LogP contribution in [0.25, 0.3) is 11.1 Å². The second-order valence-electron chi connectivity index (χ2n) is 6.08. The summed E-state index contributed by atoms with van der Waals surface area (Å²) >= 11 is 0. The maximum atomic E-state index is 12.4. The van der Waals surface area contributed by atoms with Crippen LogP contribution in [0.15, 0.2) is 77.8 Å². The van der Waals surface area contributed by atoms with Crippen LogP contribution in [0, 0.1) is 11.3 Å². The quantitative estimate of drug-likeness (QED) is 0.706. The lowest BCUT2D eigenvalue weighted by atomic mass is 9.98. The van der Waals surface area contributed by atoms with Crippen molar-refractivity contribution in [2.24, 2.45) is 4.99 Å². The van der Waals surface area contributed by atoms with E-state index in [1.165, 1.54) is 0 Å². The number of benzene rings is 3. The number of hydrogen-bond donors (Lipinski definition) is 1. The number of nitrogens with zero attached hydrogens (tertiary/aromatic N) is 2. The summed E-state index contributed by atoms with van der Waals surface area (Å²) in [6.07, 6.45) is 1.64. The van der Waals surface area contributed by atoms with E-state index in [4.69, 9.17) is 5.26 Å². The van der Waals surface area contributed by atoms with E-state index in [0.29, 0.717) is 11.3 Å². The van der Waals surface area contributed by atoms with Crippen LogP contribution in [-0.4, -0.2) is 12.1 Å². The molecule has 1 heterocycles. The number of rotatable bonds is 3. The molecule has 0 spiro atoms. The van der Waals surface area contributed by atoms with Crippen molar-refractivity contribution in [3.05, 3.63) is 83.9 Å². The molecule has 1 aliphatic rings. The van der Waals surface area contributed by atoms with E-state index in [1.807, 2.05) is 54.6 Å². The fourth-order valence-corrected chi connectivity index (χ4v) is 3.06. The normalized spacial score (nSPS) is 15.5. The number of hydrogen-bond acceptors (Lipinski definition) is 3. The molecule has 4 heteroatoms. The Morgan fingerprint density at radius 2 is 1.81 bits per heavy atom. The molecule has 1 atom stereocenters. The summed E-state index contributed by atoms with van der Waals surface area (Å²) in [6.45, 7) is 0. The highest BCUT2D eigenvalue weighted by Crippen LogP contribution is 2.35. The average Bonchev–Trinajstić information content (AvgIpc) is 3.01. The van der Waals surface area contributed by atoms with Crippen molar-refractivity contribution in [1.29, 1.82) is 5.26 Å². The standard InChI is InChI=1S/C22H15N3O/c23-13-15-5-4-8-18(11-15)24-14-20-19-10-9-17(12-21(19)25-22(20)26)16-6-2-1-3-7-16/h1-12,14,20H,(H,25,26). The number of carbonyl (C=O) groups excluding carboxylic acids is 1. The van der Waals surface area contributed by atoms with Crippen molar-refractivity contribution in [2.75, 3.05) is 5.32 Å². The molecule has 0 aromatic heterocycles. The lowest BCUT2D eigenvalue weighted by molar-refractivity contribution is -0.115. The molecule has 124 valence electrons. The molecule has 4 nitrogen and oxygen atoms in total. The van der Waals surface area contributed by atoms with E-state index in [-0.39, 0.29) is 5.91 Å². The zero-order chi connectivity index (χ0) is 17.9. The average molecular weight is 337 g/mol. The van der Waals surface area contributed by atoms with Crippen LogP contribution in [0.5, 0.6) is 0 Å². The zero-order valence-electron chi connectivity index (χ0n) is 13.9. The van der Waals surface area contributed by atoms with Gasteiger partial charge in [0.05, 0.1) is 17.3 Å². The third-order valence-corrected chi connectivity index (χ3v) is 4.38. The van der Waals surface area contributed by atoms with Gasteiger partial charge in [-0.2, -0.15) is 5.26 Å². The van der Waals surface area contributed by atoms with Gasteiger partial charge in [0.25, 0.3) is 0 Å². The van der Waals surface area contributed by atoms with Crippen molar-refractivity contribution in [3.8, 4) is 17.2 Å². The molecule has 0 fully saturated rings. The first-order chi connectivity index (χ1) is 12.7. The van der Waals surface area contributed by atoms with Gasteiger partial charge in [0.2, 0.25) is 5.91 Å². The van der Waals surface area contributed by atoms with Gasteiger partial charge in [0.1, 0.15) is 5.92 Å². The maximum absolute atomic E-state index is 12.4. The molecule has 1 N–H and O–H groups in total. The van der Waals surface area contributed by atoms with Crippen LogP contribution in [0.4, 0.5) is 11.4 Å². The topological polar surface area (TPSA) is 65.2 Å². The molecule has 26 heavy (non-hydrogen) atoms. The molecule has 0 saturated carbocycles. The van der Waals surface area contributed by atoms with E-state index in [9.17, 15) is 4.79 Å². The Kier molecular flexibility index (Phi) is 4.04. The van der Waals surface area contributed by atoms with Crippen LogP contribution in [0.1, 0.15) is 17.0 Å². The number of aliphatic imine (C=N–C) groups is 1. The molecule has 0 aliphatic carbocycles. The monoisotopic (exact) mass is 337 g/mol. The van der Waals surface area contributed by atoms with Gasteiger partial charge in [0, 0.05) is 11.9 Å². The molecule has 3 aromatic carbocycles. The summed E-state index contributed by atoms with van der Waals surface area (Å²) in [5.41, 5.74) is 5.10. The van der Waals surface area contributed by atoms with Gasteiger partial charge in [-0.05, 0) is 41.0 Å². The molecule has 3 aromatic rings. The smallest absolute Gasteiger partial charge is 0.237 e. The number of fused-ring (bicyclic) bond motifs is 1. The van der Waals surface area contributed by atoms with Crippen LogP contribution in [0.2, 0.25) is 0 Å². The lowest BCUT2D eigenvalue weighted by Crippen LogP contribution is -2.12. The van der Waals surface area contributed by atoms with E-state index < -0.39 is 5.92 Å². The molecule has 4 rings (SSSR count). The summed E-state index contributed by atoms with van der Waals surface area (Å²) in [5, 5.41) is 11.9. The minimum Gasteiger partial charge on any atom is -0.325 e. The zero-order valence-corrected chi connectivity index (χ0v) is 13.9. The number of anilines is 1. The Morgan fingerprint density at radius 3 is 2.62 bits per heavy atom. The van der Waals surface area contributed by atoms with Crippen molar-refractivity contribution in [1.82, 2.24) is 0 Å². The van der Waals surface area contributed by atoms with Crippen LogP contribution >= 0.6 is 0 Å². The van der Waals surface area contributed by atoms with Gasteiger partial charge in [-0.3, -0.25) is 9.79 Å². The third-order valence-electron chi connectivity index (χ3n) is 4.38. The summed E-state index contributed by atoms with van der Waals surface area (Å²) in [5.74, 6) is -0.522. The minimum absolute atomic E-state index is 0.0922. The third kappa shape index (κ3) is 2.99. The van der Waals surface area contributed by atoms with Gasteiger partial charge >= 0.3 is 0 Å². The Morgan fingerprint density at radius 1 is 0.962 bits per heavy atom. The molecule has 0 bridgehead atoms. The lowest BCUT2D eigenvalue weighted by Gasteiger charge is -2.06. The molecule has 0 saturated heterocycles. The molecule has 0 radical (unpaired) electrons. The Balaban J connectivity index is 1.63. The first-order valence-corrected chi connectivity index (χ1v) is 8.29.